The lowest BCUT2D eigenvalue weighted by Gasteiger charge is -2.30. The van der Waals surface area contributed by atoms with Crippen molar-refractivity contribution in [3.8, 4) is 0 Å². The van der Waals surface area contributed by atoms with Crippen LogP contribution in [0.2, 0.25) is 15.1 Å². The number of benzene rings is 3. The number of rotatable bonds is 8. The summed E-state index contributed by atoms with van der Waals surface area (Å²) < 4.78 is 43.5. The molecule has 0 bridgehead atoms. The Morgan fingerprint density at radius 3 is 2.46 bits per heavy atom. The Kier molecular flexibility index (Phi) is 8.63. The van der Waals surface area contributed by atoms with Crippen LogP contribution in [0.4, 0.5) is 13.2 Å². The molecule has 6 nitrogen and oxygen atoms in total. The molecule has 4 rings (SSSR count). The first-order valence-corrected chi connectivity index (χ1v) is 13.0. The molecule has 1 N–H and O–H groups in total. The number of carbonyl (C=O) groups is 1. The van der Waals surface area contributed by atoms with Gasteiger partial charge < -0.3 is 15.0 Å². The SMILES string of the molecule is CC(C)CO/N=C\CNC(=O)c1ccc(C2=NOC(c3cc(Cl)c(Cl)c(Cl)c3)(C(F)(F)F)C2)c2ccccc12. The van der Waals surface area contributed by atoms with E-state index in [-0.39, 0.29) is 38.8 Å². The van der Waals surface area contributed by atoms with Crippen LogP contribution in [0.3, 0.4) is 0 Å². The minimum Gasteiger partial charge on any atom is -0.396 e. The fourth-order valence-electron chi connectivity index (χ4n) is 4.10. The monoisotopic (exact) mass is 599 g/mol. The van der Waals surface area contributed by atoms with Crippen LogP contribution in [0.1, 0.15) is 41.8 Å². The number of fused-ring (bicyclic) bond motifs is 1. The highest BCUT2D eigenvalue weighted by Gasteiger charge is 2.62. The van der Waals surface area contributed by atoms with Gasteiger partial charge in [0.2, 0.25) is 0 Å². The van der Waals surface area contributed by atoms with Crippen LogP contribution in [0, 0.1) is 5.92 Å². The normalized spacial score (nSPS) is 17.5. The molecule has 1 amide bonds. The van der Waals surface area contributed by atoms with Crippen molar-refractivity contribution in [2.24, 2.45) is 16.2 Å². The number of carbonyl (C=O) groups excluding carboxylic acids is 1. The molecular weight excluding hydrogens is 578 g/mol. The predicted octanol–water partition coefficient (Wildman–Crippen LogP) is 7.77. The van der Waals surface area contributed by atoms with Gasteiger partial charge in [-0.3, -0.25) is 4.79 Å². The molecule has 3 aromatic rings. The number of nitrogens with zero attached hydrogens (tertiary/aromatic N) is 2. The smallest absolute Gasteiger partial charge is 0.396 e. The van der Waals surface area contributed by atoms with E-state index in [1.165, 1.54) is 12.3 Å². The number of alkyl halides is 3. The van der Waals surface area contributed by atoms with E-state index in [0.717, 1.165) is 12.1 Å². The summed E-state index contributed by atoms with van der Waals surface area (Å²) in [4.78, 5) is 23.1. The number of hydrogen-bond donors (Lipinski definition) is 1. The van der Waals surface area contributed by atoms with Gasteiger partial charge in [-0.15, -0.1) is 0 Å². The molecule has 1 unspecified atom stereocenters. The van der Waals surface area contributed by atoms with Gasteiger partial charge in [0.15, 0.2) is 0 Å². The summed E-state index contributed by atoms with van der Waals surface area (Å²) in [6.45, 7) is 4.56. The third kappa shape index (κ3) is 5.95. The van der Waals surface area contributed by atoms with Crippen molar-refractivity contribution in [3.63, 3.8) is 0 Å². The van der Waals surface area contributed by atoms with Gasteiger partial charge in [0.1, 0.15) is 6.61 Å². The molecule has 0 radical (unpaired) electrons. The average Bonchev–Trinajstić information content (AvgIpc) is 3.35. The molecule has 1 atom stereocenters. The predicted molar refractivity (Wildman–Crippen MR) is 147 cm³/mol. The summed E-state index contributed by atoms with van der Waals surface area (Å²) in [6.07, 6.45) is -4.07. The van der Waals surface area contributed by atoms with Crippen molar-refractivity contribution in [2.75, 3.05) is 13.2 Å². The zero-order valence-corrected chi connectivity index (χ0v) is 23.0. The minimum absolute atomic E-state index is 0.0483. The lowest BCUT2D eigenvalue weighted by atomic mass is 9.85. The second kappa shape index (κ2) is 11.6. The summed E-state index contributed by atoms with van der Waals surface area (Å²) >= 11 is 18.0. The molecule has 0 aliphatic carbocycles. The largest absolute Gasteiger partial charge is 0.435 e. The third-order valence-corrected chi connectivity index (χ3v) is 7.22. The van der Waals surface area contributed by atoms with E-state index in [0.29, 0.717) is 34.4 Å². The van der Waals surface area contributed by atoms with E-state index in [1.807, 2.05) is 13.8 Å². The topological polar surface area (TPSA) is 72.3 Å². The lowest BCUT2D eigenvalue weighted by molar-refractivity contribution is -0.275. The molecule has 1 aliphatic rings. The molecule has 1 heterocycles. The zero-order valence-electron chi connectivity index (χ0n) is 20.8. The first-order valence-electron chi connectivity index (χ1n) is 11.9. The Morgan fingerprint density at radius 1 is 1.15 bits per heavy atom. The highest BCUT2D eigenvalue weighted by atomic mass is 35.5. The molecule has 12 heteroatoms. The Morgan fingerprint density at radius 2 is 1.82 bits per heavy atom. The Hall–Kier alpha value is -3.01. The highest BCUT2D eigenvalue weighted by Crippen LogP contribution is 2.51. The maximum atomic E-state index is 14.5. The standard InChI is InChI=1S/C27H23Cl3F3N3O3/c1-15(2)14-38-35-10-9-34-25(37)20-8-7-19(17-5-3-4-6-18(17)20)23-13-26(39-36-23,27(31,32)33)16-11-21(28)24(30)22(29)12-16/h3-8,10-12,15H,9,13-14H2,1-2H3,(H,34,37)/b35-10-. The van der Waals surface area contributed by atoms with Crippen molar-refractivity contribution in [3.05, 3.63) is 80.3 Å². The third-order valence-electron chi connectivity index (χ3n) is 6.03. The Labute approximate surface area is 237 Å². The lowest BCUT2D eigenvalue weighted by Crippen LogP contribution is -2.42. The van der Waals surface area contributed by atoms with E-state index in [9.17, 15) is 18.0 Å². The Bertz CT molecular complexity index is 1440. The number of oxime groups is 2. The number of nitrogens with one attached hydrogen (secondary N) is 1. The van der Waals surface area contributed by atoms with Crippen molar-refractivity contribution in [2.45, 2.75) is 32.0 Å². The van der Waals surface area contributed by atoms with Crippen molar-refractivity contribution >= 4 is 63.4 Å². The van der Waals surface area contributed by atoms with Crippen LogP contribution in [-0.2, 0) is 15.3 Å². The Balaban J connectivity index is 1.63. The van der Waals surface area contributed by atoms with Crippen LogP contribution in [0.25, 0.3) is 10.8 Å². The molecule has 0 saturated carbocycles. The summed E-state index contributed by atoms with van der Waals surface area (Å²) in [5, 5.41) is 11.1. The van der Waals surface area contributed by atoms with Gasteiger partial charge in [-0.2, -0.15) is 13.2 Å². The molecule has 1 aliphatic heterocycles. The quantitative estimate of drug-likeness (QED) is 0.163. The van der Waals surface area contributed by atoms with Crippen LogP contribution in [0.15, 0.2) is 58.8 Å². The maximum absolute atomic E-state index is 14.5. The van der Waals surface area contributed by atoms with Gasteiger partial charge in [0, 0.05) is 23.1 Å². The molecule has 0 spiro atoms. The first-order chi connectivity index (χ1) is 18.4. The van der Waals surface area contributed by atoms with Gasteiger partial charge >= 0.3 is 6.18 Å². The first kappa shape index (κ1) is 29.0. The van der Waals surface area contributed by atoms with Gasteiger partial charge in [0.25, 0.3) is 11.5 Å². The van der Waals surface area contributed by atoms with Crippen molar-refractivity contribution in [1.82, 2.24) is 5.32 Å². The summed E-state index contributed by atoms with van der Waals surface area (Å²) in [5.41, 5.74) is -2.37. The van der Waals surface area contributed by atoms with E-state index in [4.69, 9.17) is 44.5 Å². The molecular formula is C27H23Cl3F3N3O3. The van der Waals surface area contributed by atoms with Crippen LogP contribution in [-0.4, -0.2) is 37.2 Å². The second-order valence-corrected chi connectivity index (χ2v) is 10.5. The van der Waals surface area contributed by atoms with Gasteiger partial charge in [-0.1, -0.05) is 89.3 Å². The van der Waals surface area contributed by atoms with Gasteiger partial charge in [0.05, 0.1) is 33.5 Å². The van der Waals surface area contributed by atoms with Crippen LogP contribution < -0.4 is 5.32 Å². The molecule has 206 valence electrons. The van der Waals surface area contributed by atoms with E-state index < -0.39 is 18.2 Å². The molecule has 0 aromatic heterocycles. The summed E-state index contributed by atoms with van der Waals surface area (Å²) in [6, 6.07) is 12.1. The molecule has 0 fully saturated rings. The summed E-state index contributed by atoms with van der Waals surface area (Å²) in [5.74, 6) is -0.0627. The highest BCUT2D eigenvalue weighted by molar-refractivity contribution is 6.48. The number of halogens is 6. The minimum atomic E-state index is -4.87. The zero-order chi connectivity index (χ0) is 28.4. The van der Waals surface area contributed by atoms with Crippen LogP contribution >= 0.6 is 34.8 Å². The fraction of sp³-hybridized carbons (Fsp3) is 0.296. The molecule has 0 saturated heterocycles. The number of hydrogen-bond acceptors (Lipinski definition) is 5. The van der Waals surface area contributed by atoms with E-state index in [2.05, 4.69) is 15.6 Å². The fourth-order valence-corrected chi connectivity index (χ4v) is 4.70. The maximum Gasteiger partial charge on any atom is 0.435 e. The molecule has 3 aromatic carbocycles. The summed E-state index contributed by atoms with van der Waals surface area (Å²) in [7, 11) is 0. The van der Waals surface area contributed by atoms with Crippen LogP contribution in [0.5, 0.6) is 0 Å². The van der Waals surface area contributed by atoms with Gasteiger partial charge in [-0.05, 0) is 34.9 Å². The average molecular weight is 601 g/mol. The van der Waals surface area contributed by atoms with Crippen molar-refractivity contribution in [1.29, 1.82) is 0 Å². The molecule has 39 heavy (non-hydrogen) atoms. The second-order valence-electron chi connectivity index (χ2n) is 9.28. The van der Waals surface area contributed by atoms with E-state index in [1.54, 1.807) is 30.3 Å². The van der Waals surface area contributed by atoms with Crippen molar-refractivity contribution < 1.29 is 27.6 Å². The number of amides is 1. The van der Waals surface area contributed by atoms with E-state index >= 15 is 0 Å². The van der Waals surface area contributed by atoms with Gasteiger partial charge in [-0.25, -0.2) is 0 Å².